The van der Waals surface area contributed by atoms with E-state index in [1.165, 1.54) is 24.3 Å². The van der Waals surface area contributed by atoms with Crippen LogP contribution in [0.25, 0.3) is 0 Å². The second-order valence-corrected chi connectivity index (χ2v) is 9.57. The summed E-state index contributed by atoms with van der Waals surface area (Å²) in [6.07, 6.45) is 3.22. The fraction of sp³-hybridized carbons (Fsp3) is 0.480. The number of carbonyl (C=O) groups is 1. The van der Waals surface area contributed by atoms with Crippen LogP contribution in [0.4, 0.5) is 0 Å². The molecule has 0 bridgehead atoms. The van der Waals surface area contributed by atoms with Crippen molar-refractivity contribution in [2.24, 2.45) is 0 Å². The van der Waals surface area contributed by atoms with Gasteiger partial charge in [-0.25, -0.2) is 0 Å². The van der Waals surface area contributed by atoms with Gasteiger partial charge in [0.15, 0.2) is 5.78 Å². The first kappa shape index (κ1) is 24.6. The van der Waals surface area contributed by atoms with E-state index < -0.39 is 5.60 Å². The molecule has 0 aliphatic carbocycles. The van der Waals surface area contributed by atoms with Crippen LogP contribution >= 0.6 is 11.8 Å². The van der Waals surface area contributed by atoms with Crippen LogP contribution < -0.4 is 0 Å². The van der Waals surface area contributed by atoms with Crippen LogP contribution in [0.5, 0.6) is 0 Å². The van der Waals surface area contributed by atoms with Gasteiger partial charge in [-0.1, -0.05) is 42.5 Å². The Bertz CT molecular complexity index is 776. The highest BCUT2D eigenvalue weighted by Gasteiger charge is 2.28. The Kier molecular flexibility index (Phi) is 9.10. The minimum Gasteiger partial charge on any atom is -0.382 e. The Hall–Kier alpha value is -1.66. The van der Waals surface area contributed by atoms with Crippen LogP contribution in [-0.2, 0) is 11.2 Å². The Morgan fingerprint density at radius 1 is 1.00 bits per heavy atom. The minimum atomic E-state index is -1.28. The summed E-state index contributed by atoms with van der Waals surface area (Å²) in [7, 11) is 0. The van der Waals surface area contributed by atoms with Crippen LogP contribution in [0, 0.1) is 0 Å². The zero-order valence-electron chi connectivity index (χ0n) is 18.9. The van der Waals surface area contributed by atoms with Gasteiger partial charge in [-0.2, -0.15) is 0 Å². The second kappa shape index (κ2) is 11.1. The van der Waals surface area contributed by atoms with E-state index in [0.717, 1.165) is 32.7 Å². The van der Waals surface area contributed by atoms with Gasteiger partial charge in [0.2, 0.25) is 0 Å². The largest absolute Gasteiger partial charge is 0.382 e. The summed E-state index contributed by atoms with van der Waals surface area (Å²) in [6, 6.07) is 17.7. The number of hydrogen-bond donors (Lipinski definition) is 1. The molecule has 2 aromatic rings. The fourth-order valence-electron chi connectivity index (χ4n) is 3.47. The van der Waals surface area contributed by atoms with Crippen molar-refractivity contribution in [3.63, 3.8) is 0 Å². The highest BCUT2D eigenvalue weighted by Crippen LogP contribution is 2.23. The van der Waals surface area contributed by atoms with E-state index in [2.05, 4.69) is 49.3 Å². The smallest absolute Gasteiger partial charge is 0.193 e. The van der Waals surface area contributed by atoms with Crippen molar-refractivity contribution in [2.75, 3.05) is 32.6 Å². The first-order valence-electron chi connectivity index (χ1n) is 10.4. The number of hydrogen-bond acceptors (Lipinski definition) is 5. The summed E-state index contributed by atoms with van der Waals surface area (Å²) in [5, 5.41) is 9.39. The molecular formula is C25H35NO3S. The maximum Gasteiger partial charge on any atom is 0.193 e. The number of nitrogens with zero attached hydrogens (tertiary/aromatic N) is 1. The number of benzene rings is 2. The van der Waals surface area contributed by atoms with Crippen LogP contribution in [0.15, 0.2) is 59.5 Å². The number of thioether (sulfide) groups is 1. The molecule has 0 amide bonds. The number of morpholine rings is 1. The van der Waals surface area contributed by atoms with Crippen molar-refractivity contribution in [1.29, 1.82) is 0 Å². The van der Waals surface area contributed by atoms with Crippen LogP contribution in [-0.4, -0.2) is 59.5 Å². The van der Waals surface area contributed by atoms with Crippen LogP contribution in [0.2, 0.25) is 0 Å². The van der Waals surface area contributed by atoms with Crippen molar-refractivity contribution >= 4 is 17.5 Å². The van der Waals surface area contributed by atoms with Gasteiger partial charge in [-0.15, -0.1) is 11.8 Å². The van der Waals surface area contributed by atoms with E-state index >= 15 is 0 Å². The van der Waals surface area contributed by atoms with Gasteiger partial charge in [0.05, 0.1) is 13.2 Å². The Balaban J connectivity index is 0.000000232. The number of Topliss-reactive ketones (excluding diaryl/α,β-unsaturated/α-hetero) is 1. The minimum absolute atomic E-state index is 0.213. The summed E-state index contributed by atoms with van der Waals surface area (Å²) < 4.78 is 5.43. The molecule has 0 spiro atoms. The van der Waals surface area contributed by atoms with Gasteiger partial charge >= 0.3 is 0 Å². The SMILES string of the molecule is CC(C)(O)C(=O)c1ccccc1.CSc1ccc(CC(C)(C)N2CCOCC2)cc1. The van der Waals surface area contributed by atoms with Crippen LogP contribution in [0.1, 0.15) is 43.6 Å². The van der Waals surface area contributed by atoms with Gasteiger partial charge in [-0.3, -0.25) is 9.69 Å². The normalized spacial score (nSPS) is 15.3. The third kappa shape index (κ3) is 7.55. The van der Waals surface area contributed by atoms with Crippen molar-refractivity contribution in [3.8, 4) is 0 Å². The lowest BCUT2D eigenvalue weighted by atomic mass is 9.92. The molecule has 1 heterocycles. The molecule has 1 N–H and O–H groups in total. The first-order chi connectivity index (χ1) is 14.1. The number of aliphatic hydroxyl groups is 1. The van der Waals surface area contributed by atoms with Gasteiger partial charge in [0.25, 0.3) is 0 Å². The lowest BCUT2D eigenvalue weighted by Gasteiger charge is -2.41. The molecular weight excluding hydrogens is 394 g/mol. The Morgan fingerprint density at radius 2 is 1.57 bits per heavy atom. The molecule has 1 saturated heterocycles. The molecule has 1 aliphatic heterocycles. The molecule has 3 rings (SSSR count). The average molecular weight is 430 g/mol. The van der Waals surface area contributed by atoms with Crippen molar-refractivity contribution in [1.82, 2.24) is 4.90 Å². The van der Waals surface area contributed by atoms with Crippen molar-refractivity contribution in [3.05, 3.63) is 65.7 Å². The Labute approximate surface area is 185 Å². The van der Waals surface area contributed by atoms with E-state index in [4.69, 9.17) is 4.74 Å². The highest BCUT2D eigenvalue weighted by molar-refractivity contribution is 7.98. The zero-order chi connectivity index (χ0) is 22.2. The van der Waals surface area contributed by atoms with E-state index in [0.29, 0.717) is 5.56 Å². The van der Waals surface area contributed by atoms with Crippen molar-refractivity contribution in [2.45, 2.75) is 50.2 Å². The second-order valence-electron chi connectivity index (χ2n) is 8.69. The lowest BCUT2D eigenvalue weighted by molar-refractivity contribution is -0.00984. The number of ether oxygens (including phenoxy) is 1. The van der Waals surface area contributed by atoms with Gasteiger partial charge in [-0.05, 0) is 58.1 Å². The quantitative estimate of drug-likeness (QED) is 0.533. The molecule has 2 aromatic carbocycles. The third-order valence-corrected chi connectivity index (χ3v) is 6.00. The van der Waals surface area contributed by atoms with Gasteiger partial charge in [0, 0.05) is 29.1 Å². The molecule has 5 heteroatoms. The highest BCUT2D eigenvalue weighted by atomic mass is 32.2. The predicted octanol–water partition coefficient (Wildman–Crippen LogP) is 4.70. The molecule has 4 nitrogen and oxygen atoms in total. The predicted molar refractivity (Wildman–Crippen MR) is 125 cm³/mol. The van der Waals surface area contributed by atoms with Gasteiger partial charge < -0.3 is 9.84 Å². The van der Waals surface area contributed by atoms with E-state index in [-0.39, 0.29) is 11.3 Å². The summed E-state index contributed by atoms with van der Waals surface area (Å²) in [5.41, 5.74) is 0.903. The molecule has 1 aliphatic rings. The number of rotatable bonds is 6. The fourth-order valence-corrected chi connectivity index (χ4v) is 3.87. The molecule has 0 aromatic heterocycles. The summed E-state index contributed by atoms with van der Waals surface area (Å²) in [6.45, 7) is 11.5. The topological polar surface area (TPSA) is 49.8 Å². The standard InChI is InChI=1S/C15H23NOS.C10H12O2/c1-15(2,16-8-10-17-11-9-16)12-13-4-6-14(18-3)7-5-13;1-10(2,12)9(11)8-6-4-3-5-7-8/h4-7H,8-12H2,1-3H3;3-7,12H,1-2H3. The molecule has 1 fully saturated rings. The monoisotopic (exact) mass is 429 g/mol. The molecule has 0 atom stereocenters. The molecule has 164 valence electrons. The van der Waals surface area contributed by atoms with E-state index in [1.807, 2.05) is 6.07 Å². The zero-order valence-corrected chi connectivity index (χ0v) is 19.7. The number of ketones is 1. The molecule has 0 radical (unpaired) electrons. The van der Waals surface area contributed by atoms with Gasteiger partial charge in [0.1, 0.15) is 5.60 Å². The van der Waals surface area contributed by atoms with E-state index in [9.17, 15) is 9.90 Å². The number of carbonyl (C=O) groups excluding carboxylic acids is 1. The average Bonchev–Trinajstić information content (AvgIpc) is 2.74. The summed E-state index contributed by atoms with van der Waals surface area (Å²) >= 11 is 1.80. The maximum absolute atomic E-state index is 11.4. The summed E-state index contributed by atoms with van der Waals surface area (Å²) in [4.78, 5) is 15.3. The third-order valence-electron chi connectivity index (χ3n) is 5.25. The maximum atomic E-state index is 11.4. The van der Waals surface area contributed by atoms with Crippen molar-refractivity contribution < 1.29 is 14.6 Å². The van der Waals surface area contributed by atoms with E-state index in [1.54, 1.807) is 36.0 Å². The molecule has 30 heavy (non-hydrogen) atoms. The first-order valence-corrected chi connectivity index (χ1v) is 11.6. The van der Waals surface area contributed by atoms with Crippen LogP contribution in [0.3, 0.4) is 0 Å². The molecule has 0 saturated carbocycles. The molecule has 0 unspecified atom stereocenters. The lowest BCUT2D eigenvalue weighted by Crippen LogP contribution is -2.51. The summed E-state index contributed by atoms with van der Waals surface area (Å²) in [5.74, 6) is -0.247. The Morgan fingerprint density at radius 3 is 2.07 bits per heavy atom.